The number of amides is 2. The molecule has 2 aromatic carbocycles. The Hall–Kier alpha value is -2.37. The lowest BCUT2D eigenvalue weighted by molar-refractivity contribution is -0.129. The van der Waals surface area contributed by atoms with Crippen LogP contribution in [0.1, 0.15) is 15.9 Å². The highest BCUT2D eigenvalue weighted by Gasteiger charge is 2.27. The quantitative estimate of drug-likeness (QED) is 0.914. The highest BCUT2D eigenvalue weighted by atomic mass is 35.5. The standard InChI is InChI=1S/C19H19ClN2O3/c1-13-5-7-14(8-6-13)19(24)21-10-17-11-22(18(23)12-25-17)16-4-2-3-15(20)9-16/h2-9,17H,10-12H2,1H3,(H,21,24). The van der Waals surface area contributed by atoms with E-state index >= 15 is 0 Å². The monoisotopic (exact) mass is 358 g/mol. The van der Waals surface area contributed by atoms with Gasteiger partial charge in [-0.05, 0) is 37.3 Å². The molecule has 3 rings (SSSR count). The minimum Gasteiger partial charge on any atom is -0.365 e. The summed E-state index contributed by atoms with van der Waals surface area (Å²) in [5, 5.41) is 3.43. The van der Waals surface area contributed by atoms with Crippen molar-refractivity contribution in [2.45, 2.75) is 13.0 Å². The number of benzene rings is 2. The van der Waals surface area contributed by atoms with Crippen molar-refractivity contribution in [1.29, 1.82) is 0 Å². The topological polar surface area (TPSA) is 58.6 Å². The lowest BCUT2D eigenvalue weighted by atomic mass is 10.1. The second-order valence-corrected chi connectivity index (χ2v) is 6.43. The number of hydrogen-bond donors (Lipinski definition) is 1. The molecule has 1 fully saturated rings. The van der Waals surface area contributed by atoms with E-state index in [1.54, 1.807) is 35.2 Å². The van der Waals surface area contributed by atoms with Crippen molar-refractivity contribution in [2.75, 3.05) is 24.6 Å². The number of nitrogens with one attached hydrogen (secondary N) is 1. The fourth-order valence-corrected chi connectivity index (χ4v) is 2.84. The van der Waals surface area contributed by atoms with Crippen LogP contribution in [0.2, 0.25) is 5.02 Å². The zero-order chi connectivity index (χ0) is 17.8. The summed E-state index contributed by atoms with van der Waals surface area (Å²) in [5.74, 6) is -0.279. The first kappa shape index (κ1) is 17.5. The van der Waals surface area contributed by atoms with E-state index in [2.05, 4.69) is 5.32 Å². The Morgan fingerprint density at radius 3 is 2.76 bits per heavy atom. The Labute approximate surface area is 151 Å². The number of rotatable bonds is 4. The Morgan fingerprint density at radius 2 is 2.04 bits per heavy atom. The van der Waals surface area contributed by atoms with Gasteiger partial charge < -0.3 is 15.0 Å². The molecular formula is C19H19ClN2O3. The fraction of sp³-hybridized carbons (Fsp3) is 0.263. The molecule has 0 aromatic heterocycles. The predicted molar refractivity (Wildman–Crippen MR) is 97.1 cm³/mol. The van der Waals surface area contributed by atoms with Gasteiger partial charge in [-0.2, -0.15) is 0 Å². The molecule has 2 amide bonds. The molecule has 0 aliphatic carbocycles. The highest BCUT2D eigenvalue weighted by Crippen LogP contribution is 2.22. The predicted octanol–water partition coefficient (Wildman–Crippen LogP) is 2.81. The Bertz CT molecular complexity index is 776. The largest absolute Gasteiger partial charge is 0.365 e. The minimum atomic E-state index is -0.272. The number of halogens is 1. The fourth-order valence-electron chi connectivity index (χ4n) is 2.66. The van der Waals surface area contributed by atoms with Crippen molar-refractivity contribution in [2.24, 2.45) is 0 Å². The summed E-state index contributed by atoms with van der Waals surface area (Å²) in [7, 11) is 0. The molecule has 1 N–H and O–H groups in total. The van der Waals surface area contributed by atoms with Crippen LogP contribution >= 0.6 is 11.6 Å². The number of anilines is 1. The first-order chi connectivity index (χ1) is 12.0. The van der Waals surface area contributed by atoms with Crippen LogP contribution in [0.15, 0.2) is 48.5 Å². The van der Waals surface area contributed by atoms with Crippen LogP contribution in [0.25, 0.3) is 0 Å². The number of morpholine rings is 1. The van der Waals surface area contributed by atoms with Gasteiger partial charge in [0.25, 0.3) is 11.8 Å². The maximum absolute atomic E-state index is 12.2. The summed E-state index contributed by atoms with van der Waals surface area (Å²) in [5.41, 5.74) is 2.43. The Balaban J connectivity index is 1.61. The van der Waals surface area contributed by atoms with Crippen LogP contribution in [-0.2, 0) is 9.53 Å². The molecule has 0 saturated carbocycles. The van der Waals surface area contributed by atoms with E-state index in [-0.39, 0.29) is 24.5 Å². The third-order valence-electron chi connectivity index (χ3n) is 4.05. The molecule has 6 heteroatoms. The van der Waals surface area contributed by atoms with Gasteiger partial charge in [-0.3, -0.25) is 9.59 Å². The number of ether oxygens (including phenoxy) is 1. The van der Waals surface area contributed by atoms with Crippen LogP contribution in [0.5, 0.6) is 0 Å². The van der Waals surface area contributed by atoms with Crippen molar-refractivity contribution >= 4 is 29.1 Å². The van der Waals surface area contributed by atoms with Gasteiger partial charge in [0.05, 0.1) is 12.6 Å². The van der Waals surface area contributed by atoms with Gasteiger partial charge in [0.2, 0.25) is 0 Å². The minimum absolute atomic E-state index is 0.0163. The third kappa shape index (κ3) is 4.38. The SMILES string of the molecule is Cc1ccc(C(=O)NCC2CN(c3cccc(Cl)c3)C(=O)CO2)cc1. The van der Waals surface area contributed by atoms with Gasteiger partial charge in [-0.25, -0.2) is 0 Å². The molecule has 0 radical (unpaired) electrons. The first-order valence-electron chi connectivity index (χ1n) is 8.05. The summed E-state index contributed by atoms with van der Waals surface area (Å²) in [6.07, 6.45) is -0.272. The van der Waals surface area contributed by atoms with E-state index < -0.39 is 0 Å². The summed E-state index contributed by atoms with van der Waals surface area (Å²) >= 11 is 6.00. The molecule has 1 atom stereocenters. The summed E-state index contributed by atoms with van der Waals surface area (Å²) in [6, 6.07) is 14.5. The van der Waals surface area contributed by atoms with E-state index in [4.69, 9.17) is 16.3 Å². The molecule has 0 bridgehead atoms. The van der Waals surface area contributed by atoms with E-state index in [9.17, 15) is 9.59 Å². The van der Waals surface area contributed by atoms with Crippen LogP contribution in [-0.4, -0.2) is 37.6 Å². The number of hydrogen-bond acceptors (Lipinski definition) is 3. The van der Waals surface area contributed by atoms with E-state index in [0.29, 0.717) is 23.7 Å². The number of carbonyl (C=O) groups is 2. The first-order valence-corrected chi connectivity index (χ1v) is 8.43. The maximum atomic E-state index is 12.2. The van der Waals surface area contributed by atoms with E-state index in [0.717, 1.165) is 11.3 Å². The van der Waals surface area contributed by atoms with Gasteiger partial charge in [0, 0.05) is 22.8 Å². The molecule has 2 aromatic rings. The van der Waals surface area contributed by atoms with Crippen molar-refractivity contribution in [3.8, 4) is 0 Å². The van der Waals surface area contributed by atoms with Crippen LogP contribution in [0, 0.1) is 6.92 Å². The average molecular weight is 359 g/mol. The van der Waals surface area contributed by atoms with E-state index in [1.807, 2.05) is 25.1 Å². The van der Waals surface area contributed by atoms with Gasteiger partial charge in [0.1, 0.15) is 6.61 Å². The zero-order valence-electron chi connectivity index (χ0n) is 13.9. The molecule has 1 heterocycles. The number of nitrogens with zero attached hydrogens (tertiary/aromatic N) is 1. The number of carbonyl (C=O) groups excluding carboxylic acids is 2. The van der Waals surface area contributed by atoms with Gasteiger partial charge >= 0.3 is 0 Å². The van der Waals surface area contributed by atoms with Gasteiger partial charge in [0.15, 0.2) is 0 Å². The zero-order valence-corrected chi connectivity index (χ0v) is 14.6. The molecule has 1 aliphatic heterocycles. The molecule has 1 aliphatic rings. The normalized spacial score (nSPS) is 17.4. The molecule has 5 nitrogen and oxygen atoms in total. The van der Waals surface area contributed by atoms with Crippen LogP contribution in [0.4, 0.5) is 5.69 Å². The number of aryl methyl sites for hydroxylation is 1. The third-order valence-corrected chi connectivity index (χ3v) is 4.29. The second kappa shape index (κ2) is 7.68. The van der Waals surface area contributed by atoms with Crippen molar-refractivity contribution < 1.29 is 14.3 Å². The van der Waals surface area contributed by atoms with Crippen molar-refractivity contribution in [1.82, 2.24) is 5.32 Å². The average Bonchev–Trinajstić information content (AvgIpc) is 2.61. The van der Waals surface area contributed by atoms with Crippen LogP contribution < -0.4 is 10.2 Å². The molecule has 0 spiro atoms. The lowest BCUT2D eigenvalue weighted by Gasteiger charge is -2.33. The van der Waals surface area contributed by atoms with Crippen molar-refractivity contribution in [3.05, 3.63) is 64.7 Å². The maximum Gasteiger partial charge on any atom is 0.253 e. The molecule has 1 unspecified atom stereocenters. The highest BCUT2D eigenvalue weighted by molar-refractivity contribution is 6.30. The van der Waals surface area contributed by atoms with Gasteiger partial charge in [-0.15, -0.1) is 0 Å². The smallest absolute Gasteiger partial charge is 0.253 e. The molecule has 130 valence electrons. The van der Waals surface area contributed by atoms with Crippen molar-refractivity contribution in [3.63, 3.8) is 0 Å². The molecule has 1 saturated heterocycles. The molecule has 25 heavy (non-hydrogen) atoms. The van der Waals surface area contributed by atoms with Crippen LogP contribution in [0.3, 0.4) is 0 Å². The Morgan fingerprint density at radius 1 is 1.28 bits per heavy atom. The second-order valence-electron chi connectivity index (χ2n) is 5.99. The summed E-state index contributed by atoms with van der Waals surface area (Å²) < 4.78 is 5.54. The van der Waals surface area contributed by atoms with E-state index in [1.165, 1.54) is 0 Å². The summed E-state index contributed by atoms with van der Waals surface area (Å²) in [6.45, 7) is 2.65. The molecular weight excluding hydrogens is 340 g/mol. The van der Waals surface area contributed by atoms with Gasteiger partial charge in [-0.1, -0.05) is 35.4 Å². The lowest BCUT2D eigenvalue weighted by Crippen LogP contribution is -2.50. The Kier molecular flexibility index (Phi) is 5.36. The summed E-state index contributed by atoms with van der Waals surface area (Å²) in [4.78, 5) is 25.9.